The lowest BCUT2D eigenvalue weighted by Crippen LogP contribution is -2.30. The van der Waals surface area contributed by atoms with Crippen LogP contribution in [0.4, 0.5) is 5.69 Å². The average molecular weight is 408 g/mol. The van der Waals surface area contributed by atoms with Crippen molar-refractivity contribution in [3.63, 3.8) is 0 Å². The van der Waals surface area contributed by atoms with Gasteiger partial charge in [0, 0.05) is 24.4 Å². The summed E-state index contributed by atoms with van der Waals surface area (Å²) in [5.74, 6) is 0.604. The lowest BCUT2D eigenvalue weighted by molar-refractivity contribution is -0.132. The van der Waals surface area contributed by atoms with Crippen LogP contribution in [0, 0.1) is 5.92 Å². The van der Waals surface area contributed by atoms with Crippen molar-refractivity contribution in [1.82, 2.24) is 0 Å². The molecule has 0 radical (unpaired) electrons. The zero-order chi connectivity index (χ0) is 21.5. The van der Waals surface area contributed by atoms with Crippen LogP contribution in [0.25, 0.3) is 17.2 Å². The third-order valence-corrected chi connectivity index (χ3v) is 5.39. The predicted octanol–water partition coefficient (Wildman–Crippen LogP) is 6.26. The molecule has 30 heavy (non-hydrogen) atoms. The lowest BCUT2D eigenvalue weighted by atomic mass is 9.96. The van der Waals surface area contributed by atoms with Crippen molar-refractivity contribution in [3.8, 4) is 16.9 Å². The van der Waals surface area contributed by atoms with Gasteiger partial charge in [-0.05, 0) is 72.2 Å². The Labute approximate surface area is 180 Å². The second kappa shape index (κ2) is 10.3. The van der Waals surface area contributed by atoms with Gasteiger partial charge in [0.15, 0.2) is 0 Å². The summed E-state index contributed by atoms with van der Waals surface area (Å²) in [7, 11) is 0. The van der Waals surface area contributed by atoms with Gasteiger partial charge in [0.2, 0.25) is 0 Å². The molecule has 1 aliphatic heterocycles. The molecule has 1 aliphatic rings. The minimum atomic E-state index is -0.822. The third-order valence-electron chi connectivity index (χ3n) is 5.39. The molecule has 0 spiro atoms. The second-order valence-corrected chi connectivity index (χ2v) is 8.42. The number of hydrogen-bond donors (Lipinski definition) is 1. The fourth-order valence-corrected chi connectivity index (χ4v) is 3.86. The minimum absolute atomic E-state index is 0.484. The van der Waals surface area contributed by atoms with E-state index in [9.17, 15) is 9.90 Å². The number of carboxylic acid groups (broad SMARTS) is 1. The van der Waals surface area contributed by atoms with Crippen LogP contribution < -0.4 is 9.64 Å². The van der Waals surface area contributed by atoms with Gasteiger partial charge in [0.1, 0.15) is 5.75 Å². The van der Waals surface area contributed by atoms with Gasteiger partial charge in [-0.15, -0.1) is 0 Å². The molecule has 4 heteroatoms. The highest BCUT2D eigenvalue weighted by Crippen LogP contribution is 2.33. The number of ether oxygens (including phenoxy) is 1. The summed E-state index contributed by atoms with van der Waals surface area (Å²) in [4.78, 5) is 14.1. The molecular weight excluding hydrogens is 374 g/mol. The standard InChI is InChI=1S/C26H33NO3/c1-4-5-15-30-24-11-8-20(9-12-24)21-10-13-25-23(16-21)17-22(26(28)29)7-6-14-27(25)18-19(2)3/h8-13,16-17,19H,4-7,14-15,18H2,1-3H3,(H,28,29)/b22-17+. The molecular formula is C26H33NO3. The maximum Gasteiger partial charge on any atom is 0.331 e. The number of rotatable bonds is 8. The average Bonchev–Trinajstić information content (AvgIpc) is 2.71. The van der Waals surface area contributed by atoms with E-state index in [0.29, 0.717) is 17.9 Å². The smallest absolute Gasteiger partial charge is 0.331 e. The number of aliphatic carboxylic acids is 1. The SMILES string of the molecule is CCCCOc1ccc(-c2ccc3c(c2)/C=C(/C(=O)O)CCCN3CC(C)C)cc1. The molecule has 2 aromatic carbocycles. The molecule has 0 unspecified atom stereocenters. The van der Waals surface area contributed by atoms with Crippen LogP contribution in [0.15, 0.2) is 48.0 Å². The van der Waals surface area contributed by atoms with Crippen molar-refractivity contribution in [2.45, 2.75) is 46.5 Å². The molecule has 0 fully saturated rings. The summed E-state index contributed by atoms with van der Waals surface area (Å²) < 4.78 is 5.77. The Morgan fingerprint density at radius 1 is 1.13 bits per heavy atom. The Bertz CT molecular complexity index is 884. The minimum Gasteiger partial charge on any atom is -0.494 e. The van der Waals surface area contributed by atoms with Crippen LogP contribution in [-0.2, 0) is 4.79 Å². The zero-order valence-corrected chi connectivity index (χ0v) is 18.4. The van der Waals surface area contributed by atoms with Crippen molar-refractivity contribution < 1.29 is 14.6 Å². The number of unbranched alkanes of at least 4 members (excludes halogenated alkanes) is 1. The molecule has 0 aliphatic carbocycles. The number of fused-ring (bicyclic) bond motifs is 1. The van der Waals surface area contributed by atoms with E-state index in [-0.39, 0.29) is 0 Å². The summed E-state index contributed by atoms with van der Waals surface area (Å²) in [6, 6.07) is 14.5. The molecule has 0 saturated carbocycles. The molecule has 0 atom stereocenters. The highest BCUT2D eigenvalue weighted by atomic mass is 16.5. The van der Waals surface area contributed by atoms with Crippen molar-refractivity contribution in [2.24, 2.45) is 5.92 Å². The molecule has 160 valence electrons. The Balaban J connectivity index is 1.93. The van der Waals surface area contributed by atoms with E-state index in [0.717, 1.165) is 67.1 Å². The fourth-order valence-electron chi connectivity index (χ4n) is 3.86. The van der Waals surface area contributed by atoms with Crippen LogP contribution in [0.3, 0.4) is 0 Å². The monoisotopic (exact) mass is 407 g/mol. The van der Waals surface area contributed by atoms with E-state index >= 15 is 0 Å². The highest BCUT2D eigenvalue weighted by Gasteiger charge is 2.18. The third kappa shape index (κ3) is 5.65. The second-order valence-electron chi connectivity index (χ2n) is 8.42. The van der Waals surface area contributed by atoms with Crippen LogP contribution in [0.2, 0.25) is 0 Å². The van der Waals surface area contributed by atoms with Gasteiger partial charge in [-0.2, -0.15) is 0 Å². The summed E-state index contributed by atoms with van der Waals surface area (Å²) in [5.41, 5.74) is 4.76. The molecule has 1 N–H and O–H groups in total. The number of carbonyl (C=O) groups is 1. The van der Waals surface area contributed by atoms with Crippen molar-refractivity contribution in [1.29, 1.82) is 0 Å². The number of nitrogens with zero attached hydrogens (tertiary/aromatic N) is 1. The molecule has 2 aromatic rings. The Hall–Kier alpha value is -2.75. The van der Waals surface area contributed by atoms with Crippen LogP contribution in [-0.4, -0.2) is 30.8 Å². The normalized spacial score (nSPS) is 15.7. The fraction of sp³-hybridized carbons (Fsp3) is 0.423. The highest BCUT2D eigenvalue weighted by molar-refractivity contribution is 5.94. The summed E-state index contributed by atoms with van der Waals surface area (Å²) >= 11 is 0. The van der Waals surface area contributed by atoms with Crippen LogP contribution in [0.1, 0.15) is 52.0 Å². The number of hydrogen-bond acceptors (Lipinski definition) is 3. The van der Waals surface area contributed by atoms with Gasteiger partial charge in [0.25, 0.3) is 0 Å². The topological polar surface area (TPSA) is 49.8 Å². The molecule has 0 bridgehead atoms. The van der Waals surface area contributed by atoms with E-state index in [4.69, 9.17) is 4.74 Å². The first-order valence-electron chi connectivity index (χ1n) is 11.0. The van der Waals surface area contributed by atoms with Gasteiger partial charge >= 0.3 is 5.97 Å². The number of benzene rings is 2. The van der Waals surface area contributed by atoms with E-state index in [1.165, 1.54) is 0 Å². The summed E-state index contributed by atoms with van der Waals surface area (Å²) in [5, 5.41) is 9.60. The van der Waals surface area contributed by atoms with Crippen molar-refractivity contribution in [3.05, 3.63) is 53.6 Å². The van der Waals surface area contributed by atoms with Gasteiger partial charge < -0.3 is 14.7 Å². The van der Waals surface area contributed by atoms with Gasteiger partial charge in [-0.25, -0.2) is 4.79 Å². The number of carboxylic acids is 1. The Morgan fingerprint density at radius 2 is 1.87 bits per heavy atom. The van der Waals surface area contributed by atoms with Gasteiger partial charge in [0.05, 0.1) is 6.61 Å². The predicted molar refractivity (Wildman–Crippen MR) is 124 cm³/mol. The Kier molecular flexibility index (Phi) is 7.56. The first kappa shape index (κ1) is 21.9. The van der Waals surface area contributed by atoms with Gasteiger partial charge in [-0.1, -0.05) is 45.4 Å². The molecule has 1 heterocycles. The molecule has 0 amide bonds. The Morgan fingerprint density at radius 3 is 2.53 bits per heavy atom. The van der Waals surface area contributed by atoms with E-state index in [2.05, 4.69) is 56.0 Å². The van der Waals surface area contributed by atoms with E-state index in [1.54, 1.807) is 0 Å². The molecule has 0 saturated heterocycles. The summed E-state index contributed by atoms with van der Waals surface area (Å²) in [6.07, 6.45) is 5.48. The largest absolute Gasteiger partial charge is 0.494 e. The van der Waals surface area contributed by atoms with Crippen molar-refractivity contribution >= 4 is 17.7 Å². The first-order chi connectivity index (χ1) is 14.5. The molecule has 4 nitrogen and oxygen atoms in total. The molecule has 0 aromatic heterocycles. The number of anilines is 1. The maximum atomic E-state index is 11.7. The summed E-state index contributed by atoms with van der Waals surface area (Å²) in [6.45, 7) is 9.17. The molecule has 3 rings (SSSR count). The van der Waals surface area contributed by atoms with E-state index < -0.39 is 5.97 Å². The lowest BCUT2D eigenvalue weighted by Gasteiger charge is -2.30. The maximum absolute atomic E-state index is 11.7. The quantitative estimate of drug-likeness (QED) is 0.525. The van der Waals surface area contributed by atoms with Crippen molar-refractivity contribution in [2.75, 3.05) is 24.6 Å². The van der Waals surface area contributed by atoms with Crippen LogP contribution in [0.5, 0.6) is 5.75 Å². The zero-order valence-electron chi connectivity index (χ0n) is 18.4. The van der Waals surface area contributed by atoms with E-state index in [1.807, 2.05) is 18.2 Å². The first-order valence-corrected chi connectivity index (χ1v) is 11.0. The van der Waals surface area contributed by atoms with Gasteiger partial charge in [-0.3, -0.25) is 0 Å². The van der Waals surface area contributed by atoms with Crippen LogP contribution >= 0.6 is 0 Å².